The van der Waals surface area contributed by atoms with E-state index in [9.17, 15) is 0 Å². The van der Waals surface area contributed by atoms with Crippen LogP contribution < -0.4 is 10.2 Å². The summed E-state index contributed by atoms with van der Waals surface area (Å²) >= 11 is 0. The SMILES string of the molecule is CCCN(CC1CCCNC1)c1cc(C#N)ccn1. The molecule has 1 saturated heterocycles. The Balaban J connectivity index is 2.07. The molecule has 0 amide bonds. The molecule has 1 fully saturated rings. The lowest BCUT2D eigenvalue weighted by Crippen LogP contribution is -2.39. The minimum absolute atomic E-state index is 0.688. The van der Waals surface area contributed by atoms with Crippen LogP contribution in [0.25, 0.3) is 0 Å². The second-order valence-corrected chi connectivity index (χ2v) is 5.17. The maximum atomic E-state index is 8.99. The Morgan fingerprint density at radius 3 is 3.16 bits per heavy atom. The molecule has 0 aliphatic carbocycles. The summed E-state index contributed by atoms with van der Waals surface area (Å²) in [6.07, 6.45) is 5.37. The van der Waals surface area contributed by atoms with Gasteiger partial charge in [0, 0.05) is 19.3 Å². The molecular formula is C15H22N4. The molecule has 0 saturated carbocycles. The lowest BCUT2D eigenvalue weighted by Gasteiger charge is -2.30. The molecule has 0 aromatic carbocycles. The maximum absolute atomic E-state index is 8.99. The Labute approximate surface area is 115 Å². The fourth-order valence-electron chi connectivity index (χ4n) is 2.62. The van der Waals surface area contributed by atoms with Gasteiger partial charge in [-0.25, -0.2) is 4.98 Å². The van der Waals surface area contributed by atoms with Gasteiger partial charge in [0.05, 0.1) is 11.6 Å². The van der Waals surface area contributed by atoms with Crippen LogP contribution in [0.4, 0.5) is 5.82 Å². The fourth-order valence-corrected chi connectivity index (χ4v) is 2.62. The van der Waals surface area contributed by atoms with E-state index < -0.39 is 0 Å². The summed E-state index contributed by atoms with van der Waals surface area (Å²) in [5.41, 5.74) is 0.688. The van der Waals surface area contributed by atoms with Gasteiger partial charge in [0.25, 0.3) is 0 Å². The average molecular weight is 258 g/mol. The monoisotopic (exact) mass is 258 g/mol. The standard InChI is InChI=1S/C15H22N4/c1-2-8-19(12-14-4-3-6-17-11-14)15-9-13(10-16)5-7-18-15/h5,7,9,14,17H,2-4,6,8,11-12H2,1H3. The van der Waals surface area contributed by atoms with Crippen molar-refractivity contribution in [3.05, 3.63) is 23.9 Å². The number of aromatic nitrogens is 1. The number of hydrogen-bond acceptors (Lipinski definition) is 4. The summed E-state index contributed by atoms with van der Waals surface area (Å²) in [6.45, 7) is 6.45. The second-order valence-electron chi connectivity index (χ2n) is 5.17. The Morgan fingerprint density at radius 1 is 1.58 bits per heavy atom. The van der Waals surface area contributed by atoms with Crippen LogP contribution in [0.15, 0.2) is 18.3 Å². The minimum atomic E-state index is 0.688. The van der Waals surface area contributed by atoms with Crippen molar-refractivity contribution in [3.8, 4) is 6.07 Å². The van der Waals surface area contributed by atoms with Crippen molar-refractivity contribution >= 4 is 5.82 Å². The van der Waals surface area contributed by atoms with Crippen molar-refractivity contribution in [2.75, 3.05) is 31.1 Å². The molecule has 1 unspecified atom stereocenters. The van der Waals surface area contributed by atoms with Gasteiger partial charge in [-0.3, -0.25) is 0 Å². The van der Waals surface area contributed by atoms with E-state index >= 15 is 0 Å². The number of anilines is 1. The molecule has 102 valence electrons. The van der Waals surface area contributed by atoms with Crippen LogP contribution in [-0.2, 0) is 0 Å². The van der Waals surface area contributed by atoms with Gasteiger partial charge in [-0.1, -0.05) is 6.92 Å². The zero-order valence-corrected chi connectivity index (χ0v) is 11.6. The van der Waals surface area contributed by atoms with E-state index in [4.69, 9.17) is 5.26 Å². The topological polar surface area (TPSA) is 52.0 Å². The van der Waals surface area contributed by atoms with Crippen LogP contribution in [-0.4, -0.2) is 31.2 Å². The molecule has 19 heavy (non-hydrogen) atoms. The molecule has 1 aliphatic rings. The molecular weight excluding hydrogens is 236 g/mol. The largest absolute Gasteiger partial charge is 0.356 e. The smallest absolute Gasteiger partial charge is 0.129 e. The summed E-state index contributed by atoms with van der Waals surface area (Å²) in [5.74, 6) is 1.62. The van der Waals surface area contributed by atoms with Gasteiger partial charge in [0.15, 0.2) is 0 Å². The van der Waals surface area contributed by atoms with E-state index in [0.717, 1.165) is 38.4 Å². The summed E-state index contributed by atoms with van der Waals surface area (Å²) in [6, 6.07) is 5.84. The number of piperidine rings is 1. The van der Waals surface area contributed by atoms with E-state index in [-0.39, 0.29) is 0 Å². The third kappa shape index (κ3) is 3.93. The van der Waals surface area contributed by atoms with E-state index in [0.29, 0.717) is 11.5 Å². The summed E-state index contributed by atoms with van der Waals surface area (Å²) in [4.78, 5) is 6.74. The van der Waals surface area contributed by atoms with Crippen LogP contribution >= 0.6 is 0 Å². The van der Waals surface area contributed by atoms with Gasteiger partial charge >= 0.3 is 0 Å². The zero-order valence-electron chi connectivity index (χ0n) is 11.6. The molecule has 2 rings (SSSR count). The number of rotatable bonds is 5. The van der Waals surface area contributed by atoms with Gasteiger partial charge in [0.1, 0.15) is 5.82 Å². The van der Waals surface area contributed by atoms with Gasteiger partial charge in [-0.05, 0) is 50.4 Å². The number of nitriles is 1. The molecule has 4 nitrogen and oxygen atoms in total. The van der Waals surface area contributed by atoms with Crippen LogP contribution in [0.2, 0.25) is 0 Å². The predicted molar refractivity (Wildman–Crippen MR) is 77.0 cm³/mol. The van der Waals surface area contributed by atoms with Crippen LogP contribution in [0.3, 0.4) is 0 Å². The highest BCUT2D eigenvalue weighted by Crippen LogP contribution is 2.18. The Morgan fingerprint density at radius 2 is 2.47 bits per heavy atom. The van der Waals surface area contributed by atoms with E-state index in [2.05, 4.69) is 28.2 Å². The molecule has 2 heterocycles. The van der Waals surface area contributed by atoms with Gasteiger partial charge in [0.2, 0.25) is 0 Å². The van der Waals surface area contributed by atoms with Crippen molar-refractivity contribution in [1.29, 1.82) is 5.26 Å². The number of pyridine rings is 1. The molecule has 1 aromatic rings. The van der Waals surface area contributed by atoms with Crippen LogP contribution in [0.5, 0.6) is 0 Å². The molecule has 1 aromatic heterocycles. The van der Waals surface area contributed by atoms with E-state index in [1.165, 1.54) is 12.8 Å². The molecule has 1 aliphatic heterocycles. The molecule has 0 radical (unpaired) electrons. The minimum Gasteiger partial charge on any atom is -0.356 e. The van der Waals surface area contributed by atoms with E-state index in [1.807, 2.05) is 6.07 Å². The number of hydrogen-bond donors (Lipinski definition) is 1. The third-order valence-corrected chi connectivity index (χ3v) is 3.57. The number of nitrogens with one attached hydrogen (secondary N) is 1. The highest BCUT2D eigenvalue weighted by Gasteiger charge is 2.17. The Bertz CT molecular complexity index is 432. The molecule has 1 atom stereocenters. The van der Waals surface area contributed by atoms with E-state index in [1.54, 1.807) is 12.3 Å². The van der Waals surface area contributed by atoms with Gasteiger partial charge in [-0.2, -0.15) is 5.26 Å². The average Bonchev–Trinajstić information content (AvgIpc) is 2.48. The highest BCUT2D eigenvalue weighted by atomic mass is 15.2. The Kier molecular flexibility index (Phi) is 5.17. The highest BCUT2D eigenvalue weighted by molar-refractivity contribution is 5.44. The first-order chi connectivity index (χ1) is 9.33. The van der Waals surface area contributed by atoms with Gasteiger partial charge < -0.3 is 10.2 Å². The van der Waals surface area contributed by atoms with Crippen LogP contribution in [0, 0.1) is 17.2 Å². The summed E-state index contributed by atoms with van der Waals surface area (Å²) < 4.78 is 0. The first-order valence-corrected chi connectivity index (χ1v) is 7.15. The fraction of sp³-hybridized carbons (Fsp3) is 0.600. The lowest BCUT2D eigenvalue weighted by atomic mass is 9.99. The summed E-state index contributed by atoms with van der Waals surface area (Å²) in [5, 5.41) is 12.4. The predicted octanol–water partition coefficient (Wildman–Crippen LogP) is 2.17. The lowest BCUT2D eigenvalue weighted by molar-refractivity contribution is 0.376. The molecule has 0 bridgehead atoms. The summed E-state index contributed by atoms with van der Waals surface area (Å²) in [7, 11) is 0. The first-order valence-electron chi connectivity index (χ1n) is 7.15. The zero-order chi connectivity index (χ0) is 13.5. The van der Waals surface area contributed by atoms with Crippen molar-refractivity contribution < 1.29 is 0 Å². The second kappa shape index (κ2) is 7.10. The normalized spacial score (nSPS) is 18.8. The van der Waals surface area contributed by atoms with Crippen molar-refractivity contribution in [1.82, 2.24) is 10.3 Å². The quantitative estimate of drug-likeness (QED) is 0.879. The first kappa shape index (κ1) is 13.8. The molecule has 1 N–H and O–H groups in total. The maximum Gasteiger partial charge on any atom is 0.129 e. The third-order valence-electron chi connectivity index (χ3n) is 3.57. The number of nitrogens with zero attached hydrogens (tertiary/aromatic N) is 3. The molecule has 0 spiro atoms. The van der Waals surface area contributed by atoms with Crippen molar-refractivity contribution in [2.45, 2.75) is 26.2 Å². The van der Waals surface area contributed by atoms with Gasteiger partial charge in [-0.15, -0.1) is 0 Å². The van der Waals surface area contributed by atoms with Crippen molar-refractivity contribution in [2.24, 2.45) is 5.92 Å². The Hall–Kier alpha value is -1.60. The van der Waals surface area contributed by atoms with Crippen molar-refractivity contribution in [3.63, 3.8) is 0 Å². The van der Waals surface area contributed by atoms with Crippen LogP contribution in [0.1, 0.15) is 31.7 Å². The molecule has 4 heteroatoms.